The van der Waals surface area contributed by atoms with Crippen molar-refractivity contribution >= 4 is 0 Å². The quantitative estimate of drug-likeness (QED) is 0.590. The zero-order valence-corrected chi connectivity index (χ0v) is 7.93. The predicted octanol–water partition coefficient (Wildman–Crippen LogP) is 2.37. The van der Waals surface area contributed by atoms with E-state index in [1.54, 1.807) is 0 Å². The van der Waals surface area contributed by atoms with E-state index in [9.17, 15) is 0 Å². The number of hydrogen-bond acceptors (Lipinski definition) is 0. The van der Waals surface area contributed by atoms with Crippen LogP contribution in [0.2, 0.25) is 0 Å². The molecule has 0 atom stereocenters. The minimum Gasteiger partial charge on any atom is -0.497 e. The molecule has 0 unspecified atom stereocenters. The molecule has 1 heteroatoms. The minimum atomic E-state index is 0. The molecule has 0 aromatic carbocycles. The van der Waals surface area contributed by atoms with E-state index in [2.05, 4.69) is 13.0 Å². The summed E-state index contributed by atoms with van der Waals surface area (Å²) >= 11 is 0. The summed E-state index contributed by atoms with van der Waals surface area (Å²) in [5.41, 5.74) is 1.45. The van der Waals surface area contributed by atoms with Crippen molar-refractivity contribution in [3.05, 3.63) is 19.1 Å². The minimum absolute atomic E-state index is 0. The average molecular weight is 348 g/mol. The van der Waals surface area contributed by atoms with E-state index in [1.165, 1.54) is 24.8 Å². The van der Waals surface area contributed by atoms with Crippen LogP contribution in [0.5, 0.6) is 0 Å². The van der Waals surface area contributed by atoms with Gasteiger partial charge < -0.3 is 13.5 Å². The third-order valence-electron chi connectivity index (χ3n) is 1.16. The summed E-state index contributed by atoms with van der Waals surface area (Å²) in [5.74, 6) is 0. The van der Waals surface area contributed by atoms with Gasteiger partial charge >= 0.3 is 0 Å². The van der Waals surface area contributed by atoms with Crippen LogP contribution in [0.25, 0.3) is 0 Å². The second-order valence-corrected chi connectivity index (χ2v) is 1.81. The fourth-order valence-corrected chi connectivity index (χ4v) is 0.744. The monoisotopic (exact) mass is 348 g/mol. The van der Waals surface area contributed by atoms with E-state index in [-0.39, 0.29) is 7.43 Å². The summed E-state index contributed by atoms with van der Waals surface area (Å²) in [6.07, 6.45) is 7.07. The summed E-state index contributed by atoms with van der Waals surface area (Å²) < 4.78 is 0. The molecule has 0 aliphatic heterocycles. The van der Waals surface area contributed by atoms with Gasteiger partial charge in [-0.05, 0) is 0 Å². The van der Waals surface area contributed by atoms with Gasteiger partial charge in [-0.2, -0.15) is 6.42 Å². The van der Waals surface area contributed by atoms with Gasteiger partial charge in [-0.25, -0.2) is 0 Å². The van der Waals surface area contributed by atoms with Crippen LogP contribution in [-0.2, 0) is 0 Å². The Bertz CT molecular complexity index is 74.5. The Morgan fingerprint density at radius 3 is 2.25 bits per heavy atom. The third-order valence-corrected chi connectivity index (χ3v) is 1.16. The van der Waals surface area contributed by atoms with Gasteiger partial charge in [0.25, 0.3) is 0 Å². The zero-order chi connectivity index (χ0) is 4.41. The molecule has 0 saturated carbocycles. The molecule has 0 aromatic rings. The van der Waals surface area contributed by atoms with Crippen LogP contribution >= 0.6 is 0 Å². The van der Waals surface area contributed by atoms with Crippen molar-refractivity contribution in [2.24, 2.45) is 0 Å². The van der Waals surface area contributed by atoms with Crippen LogP contribution in [0.3, 0.4) is 0 Å². The molecular formula is C7H12Es-2. The van der Waals surface area contributed by atoms with E-state index < -0.39 is 0 Å². The van der Waals surface area contributed by atoms with E-state index in [0.717, 1.165) is 0 Å². The Hall–Kier alpha value is -1.26. The molecule has 1 rings (SSSR count). The first-order valence-corrected chi connectivity index (χ1v) is 2.46. The smallest absolute Gasteiger partial charge is 0 e. The first-order valence-electron chi connectivity index (χ1n) is 2.46. The van der Waals surface area contributed by atoms with Crippen LogP contribution in [0, 0.1) is 13.5 Å². The zero-order valence-electron chi connectivity index (χ0n) is 5.42. The fourth-order valence-electron chi connectivity index (χ4n) is 0.744. The van der Waals surface area contributed by atoms with Crippen LogP contribution < -0.4 is 0 Å². The molecule has 0 bridgehead atoms. The molecular weight excluding hydrogens is 336 g/mol. The van der Waals surface area contributed by atoms with Crippen molar-refractivity contribution in [3.8, 4) is 0 Å². The van der Waals surface area contributed by atoms with E-state index in [0.29, 0.717) is 0 Å². The summed E-state index contributed by atoms with van der Waals surface area (Å²) in [5, 5.41) is 0. The largest absolute Gasteiger partial charge is 0.497 e. The first kappa shape index (κ1) is 9.88. The molecule has 1 radical (unpaired) electrons. The van der Waals surface area contributed by atoms with E-state index in [4.69, 9.17) is 0 Å². The second-order valence-electron chi connectivity index (χ2n) is 1.81. The van der Waals surface area contributed by atoms with Gasteiger partial charge in [0, 0.05) is 0 Å². The topological polar surface area (TPSA) is 0 Å². The van der Waals surface area contributed by atoms with Crippen molar-refractivity contribution in [1.29, 1.82) is 0 Å². The molecule has 1 aliphatic rings. The number of allylic oxidation sites excluding steroid dienone is 2. The summed E-state index contributed by atoms with van der Waals surface area (Å²) in [6.45, 7) is 2.15. The van der Waals surface area contributed by atoms with Gasteiger partial charge in [-0.3, -0.25) is 5.57 Å². The van der Waals surface area contributed by atoms with Crippen molar-refractivity contribution < 1.29 is 0 Å². The Morgan fingerprint density at radius 1 is 1.50 bits per heavy atom. The Labute approximate surface area is 46.2 Å². The Kier molecular flexibility index (Phi) is 4.84. The van der Waals surface area contributed by atoms with Gasteiger partial charge in [-0.15, -0.1) is 0 Å². The maximum Gasteiger partial charge on any atom is 0 e. The Balaban J connectivity index is 0. The third kappa shape index (κ3) is 2.01. The van der Waals surface area contributed by atoms with E-state index in [1.807, 2.05) is 0 Å². The molecule has 0 amide bonds. The van der Waals surface area contributed by atoms with Gasteiger partial charge in [-0.1, -0.05) is 19.8 Å². The van der Waals surface area contributed by atoms with Gasteiger partial charge in [0.1, 0.15) is 0 Å². The van der Waals surface area contributed by atoms with E-state index >= 15 is 0 Å². The maximum atomic E-state index is 3.24. The SMILES string of the molecule is CC1=[C-]CCC1.[CH3-].[Es]. The fraction of sp³-hybridized carbons (Fsp3) is 0.571. The summed E-state index contributed by atoms with van der Waals surface area (Å²) in [7, 11) is 0. The molecule has 0 spiro atoms. The maximum absolute atomic E-state index is 3.24. The molecule has 0 nitrogen and oxygen atoms in total. The van der Waals surface area contributed by atoms with Crippen LogP contribution in [0.4, 0.5) is 0 Å². The first-order chi connectivity index (χ1) is 2.89. The second kappa shape index (κ2) is 3.91. The molecule has 53 valence electrons. The normalized spacial score (nSPS) is 15.9. The molecule has 0 saturated heterocycles. The standard InChI is InChI=1S/C6H9.CH3.Es/c1-6-4-2-3-5-6;;/h2-4H2,1H3;1H3;/q2*-1;. The van der Waals surface area contributed by atoms with Crippen molar-refractivity contribution in [3.63, 3.8) is 0 Å². The molecule has 0 aromatic heterocycles. The van der Waals surface area contributed by atoms with Crippen molar-refractivity contribution in [2.75, 3.05) is 0 Å². The number of rotatable bonds is 0. The summed E-state index contributed by atoms with van der Waals surface area (Å²) in [6, 6.07) is 0. The van der Waals surface area contributed by atoms with Gasteiger partial charge in [0.05, 0.1) is 0 Å². The van der Waals surface area contributed by atoms with Crippen LogP contribution in [0.1, 0.15) is 26.2 Å². The van der Waals surface area contributed by atoms with Crippen LogP contribution in [-0.4, -0.2) is 0 Å². The molecule has 0 fully saturated rings. The molecule has 0 heterocycles. The van der Waals surface area contributed by atoms with Gasteiger partial charge in [0.15, 0.2) is 0 Å². The molecule has 8 heavy (non-hydrogen) atoms. The summed E-state index contributed by atoms with van der Waals surface area (Å²) in [4.78, 5) is 0. The van der Waals surface area contributed by atoms with Crippen LogP contribution in [0.15, 0.2) is 5.57 Å². The Morgan fingerprint density at radius 2 is 2.12 bits per heavy atom. The van der Waals surface area contributed by atoms with Crippen molar-refractivity contribution in [1.82, 2.24) is 0 Å². The molecule has 0 N–H and O–H groups in total. The number of hydrogen-bond donors (Lipinski definition) is 0. The van der Waals surface area contributed by atoms with Crippen molar-refractivity contribution in [2.45, 2.75) is 26.2 Å². The molecule has 1 aliphatic carbocycles. The predicted molar refractivity (Wildman–Crippen MR) is 32.7 cm³/mol. The average Bonchev–Trinajstić information content (AvgIpc) is 1.86. The van der Waals surface area contributed by atoms with Gasteiger partial charge in [0.2, 0.25) is 0 Å².